The van der Waals surface area contributed by atoms with Crippen molar-refractivity contribution in [2.45, 2.75) is 44.6 Å². The van der Waals surface area contributed by atoms with Crippen molar-refractivity contribution >= 4 is 0 Å². The van der Waals surface area contributed by atoms with Crippen LogP contribution < -0.4 is 5.73 Å². The lowest BCUT2D eigenvalue weighted by Crippen LogP contribution is -2.24. The first-order chi connectivity index (χ1) is 5.93. The van der Waals surface area contributed by atoms with Crippen molar-refractivity contribution in [1.29, 1.82) is 0 Å². The number of H-pyrrole nitrogens is 1. The molecule has 0 saturated heterocycles. The third kappa shape index (κ3) is 1.37. The molecule has 0 unspecified atom stereocenters. The van der Waals surface area contributed by atoms with Gasteiger partial charge in [0.15, 0.2) is 0 Å². The van der Waals surface area contributed by atoms with Crippen LogP contribution in [0.15, 0.2) is 6.20 Å². The summed E-state index contributed by atoms with van der Waals surface area (Å²) in [5, 5.41) is 7.15. The van der Waals surface area contributed by atoms with Gasteiger partial charge in [-0.15, -0.1) is 0 Å². The summed E-state index contributed by atoms with van der Waals surface area (Å²) in [6.07, 6.45) is 4.07. The van der Waals surface area contributed by atoms with E-state index in [-0.39, 0.29) is 11.0 Å². The second-order valence-electron chi connectivity index (χ2n) is 5.06. The molecule has 3 nitrogen and oxygen atoms in total. The normalized spacial score (nSPS) is 20.3. The van der Waals surface area contributed by atoms with Gasteiger partial charge >= 0.3 is 0 Å². The summed E-state index contributed by atoms with van der Waals surface area (Å²) in [6.45, 7) is 6.53. The SMILES string of the molecule is CC(C)(C)c1[nH]ncc1C1(N)CC1. The van der Waals surface area contributed by atoms with Gasteiger partial charge in [-0.25, -0.2) is 0 Å². The summed E-state index contributed by atoms with van der Waals surface area (Å²) in [6, 6.07) is 0. The number of hydrogen-bond donors (Lipinski definition) is 2. The molecule has 0 bridgehead atoms. The van der Waals surface area contributed by atoms with Crippen LogP contribution in [0, 0.1) is 0 Å². The molecule has 0 radical (unpaired) electrons. The summed E-state index contributed by atoms with van der Waals surface area (Å²) in [4.78, 5) is 0. The predicted molar refractivity (Wildman–Crippen MR) is 52.4 cm³/mol. The van der Waals surface area contributed by atoms with Gasteiger partial charge in [0.05, 0.1) is 6.20 Å². The zero-order valence-corrected chi connectivity index (χ0v) is 8.52. The third-order valence-corrected chi connectivity index (χ3v) is 2.71. The molecule has 3 heteroatoms. The van der Waals surface area contributed by atoms with Crippen LogP contribution in [-0.2, 0) is 11.0 Å². The number of nitrogens with one attached hydrogen (secondary N) is 1. The molecule has 1 aliphatic carbocycles. The van der Waals surface area contributed by atoms with Gasteiger partial charge < -0.3 is 5.73 Å². The van der Waals surface area contributed by atoms with Crippen LogP contribution in [0.4, 0.5) is 0 Å². The molecule has 72 valence electrons. The maximum Gasteiger partial charge on any atom is 0.0541 e. The van der Waals surface area contributed by atoms with Crippen LogP contribution in [0.1, 0.15) is 44.9 Å². The Morgan fingerprint density at radius 3 is 2.54 bits per heavy atom. The Hall–Kier alpha value is -0.830. The van der Waals surface area contributed by atoms with Gasteiger partial charge in [-0.05, 0) is 12.8 Å². The predicted octanol–water partition coefficient (Wildman–Crippen LogP) is 1.66. The fourth-order valence-electron chi connectivity index (χ4n) is 1.64. The number of nitrogens with two attached hydrogens (primary N) is 1. The van der Waals surface area contributed by atoms with E-state index in [1.165, 1.54) is 11.3 Å². The molecular weight excluding hydrogens is 162 g/mol. The van der Waals surface area contributed by atoms with Crippen molar-refractivity contribution in [1.82, 2.24) is 10.2 Å². The standard InChI is InChI=1S/C10H17N3/c1-9(2,3)8-7(6-12-13-8)10(11)4-5-10/h6H,4-5,11H2,1-3H3,(H,12,13). The van der Waals surface area contributed by atoms with Gasteiger partial charge in [-0.2, -0.15) is 5.10 Å². The highest BCUT2D eigenvalue weighted by Crippen LogP contribution is 2.45. The van der Waals surface area contributed by atoms with Crippen LogP contribution in [0.2, 0.25) is 0 Å². The Morgan fingerprint density at radius 1 is 1.46 bits per heavy atom. The fraction of sp³-hybridized carbons (Fsp3) is 0.700. The molecule has 3 N–H and O–H groups in total. The second-order valence-corrected chi connectivity index (χ2v) is 5.06. The molecule has 1 aromatic heterocycles. The van der Waals surface area contributed by atoms with Crippen LogP contribution in [0.5, 0.6) is 0 Å². The molecule has 1 saturated carbocycles. The average molecular weight is 179 g/mol. The first-order valence-corrected chi connectivity index (χ1v) is 4.77. The second kappa shape index (κ2) is 2.35. The van der Waals surface area contributed by atoms with Crippen LogP contribution in [-0.4, -0.2) is 10.2 Å². The average Bonchev–Trinajstić information content (AvgIpc) is 2.60. The number of aromatic nitrogens is 2. The minimum atomic E-state index is -0.0738. The van der Waals surface area contributed by atoms with Crippen molar-refractivity contribution in [2.24, 2.45) is 5.73 Å². The Labute approximate surface area is 78.7 Å². The van der Waals surface area contributed by atoms with Gasteiger partial charge in [0.2, 0.25) is 0 Å². The zero-order valence-electron chi connectivity index (χ0n) is 8.52. The van der Waals surface area contributed by atoms with Crippen LogP contribution >= 0.6 is 0 Å². The number of nitrogens with zero attached hydrogens (tertiary/aromatic N) is 1. The van der Waals surface area contributed by atoms with E-state index in [1.807, 2.05) is 6.20 Å². The minimum Gasteiger partial charge on any atom is -0.321 e. The summed E-state index contributed by atoms with van der Waals surface area (Å²) in [5.41, 5.74) is 8.58. The molecule has 0 amide bonds. The summed E-state index contributed by atoms with van der Waals surface area (Å²) in [5.74, 6) is 0. The molecule has 0 spiro atoms. The molecule has 1 fully saturated rings. The minimum absolute atomic E-state index is 0.0738. The first kappa shape index (κ1) is 8.75. The summed E-state index contributed by atoms with van der Waals surface area (Å²) >= 11 is 0. The van der Waals surface area contributed by atoms with E-state index >= 15 is 0 Å². The third-order valence-electron chi connectivity index (χ3n) is 2.71. The van der Waals surface area contributed by atoms with Crippen molar-refractivity contribution < 1.29 is 0 Å². The van der Waals surface area contributed by atoms with Gasteiger partial charge in [0.1, 0.15) is 0 Å². The van der Waals surface area contributed by atoms with Crippen molar-refractivity contribution in [3.8, 4) is 0 Å². The van der Waals surface area contributed by atoms with E-state index in [2.05, 4.69) is 31.0 Å². The largest absolute Gasteiger partial charge is 0.321 e. The summed E-state index contributed by atoms with van der Waals surface area (Å²) < 4.78 is 0. The molecule has 1 aromatic rings. The maximum absolute atomic E-state index is 6.15. The highest BCUT2D eigenvalue weighted by molar-refractivity contribution is 5.34. The van der Waals surface area contributed by atoms with Gasteiger partial charge in [0.25, 0.3) is 0 Å². The van der Waals surface area contributed by atoms with Crippen LogP contribution in [0.25, 0.3) is 0 Å². The zero-order chi connectivity index (χ0) is 9.69. The highest BCUT2D eigenvalue weighted by Gasteiger charge is 2.44. The topological polar surface area (TPSA) is 54.7 Å². The van der Waals surface area contributed by atoms with E-state index < -0.39 is 0 Å². The van der Waals surface area contributed by atoms with Crippen molar-refractivity contribution in [3.05, 3.63) is 17.5 Å². The molecule has 13 heavy (non-hydrogen) atoms. The maximum atomic E-state index is 6.15. The lowest BCUT2D eigenvalue weighted by atomic mass is 9.87. The monoisotopic (exact) mass is 179 g/mol. The van der Waals surface area contributed by atoms with E-state index in [4.69, 9.17) is 5.73 Å². The Balaban J connectivity index is 2.42. The molecule has 1 heterocycles. The van der Waals surface area contributed by atoms with Crippen molar-refractivity contribution in [3.63, 3.8) is 0 Å². The van der Waals surface area contributed by atoms with E-state index in [1.54, 1.807) is 0 Å². The smallest absolute Gasteiger partial charge is 0.0541 e. The number of aromatic amines is 1. The summed E-state index contributed by atoms with van der Waals surface area (Å²) in [7, 11) is 0. The molecule has 0 aliphatic heterocycles. The molecule has 1 aliphatic rings. The molecule has 0 aromatic carbocycles. The van der Waals surface area contributed by atoms with Gasteiger partial charge in [-0.3, -0.25) is 5.10 Å². The first-order valence-electron chi connectivity index (χ1n) is 4.77. The lowest BCUT2D eigenvalue weighted by molar-refractivity contribution is 0.548. The Bertz CT molecular complexity index is 295. The molecule has 0 atom stereocenters. The molecular formula is C10H17N3. The fourth-order valence-corrected chi connectivity index (χ4v) is 1.64. The van der Waals surface area contributed by atoms with Gasteiger partial charge in [0, 0.05) is 22.2 Å². The van der Waals surface area contributed by atoms with Gasteiger partial charge in [-0.1, -0.05) is 20.8 Å². The van der Waals surface area contributed by atoms with E-state index in [9.17, 15) is 0 Å². The number of hydrogen-bond acceptors (Lipinski definition) is 2. The number of rotatable bonds is 1. The van der Waals surface area contributed by atoms with E-state index in [0.717, 1.165) is 12.8 Å². The Kier molecular flexibility index (Phi) is 1.58. The molecule has 2 rings (SSSR count). The highest BCUT2D eigenvalue weighted by atomic mass is 15.1. The van der Waals surface area contributed by atoms with Crippen molar-refractivity contribution in [2.75, 3.05) is 0 Å². The van der Waals surface area contributed by atoms with E-state index in [0.29, 0.717) is 0 Å². The van der Waals surface area contributed by atoms with Crippen LogP contribution in [0.3, 0.4) is 0 Å². The lowest BCUT2D eigenvalue weighted by Gasteiger charge is -2.20. The quantitative estimate of drug-likeness (QED) is 0.688. The Morgan fingerprint density at radius 2 is 2.08 bits per heavy atom.